The second-order valence-corrected chi connectivity index (χ2v) is 3.76. The molecule has 0 unspecified atom stereocenters. The third-order valence-corrected chi connectivity index (χ3v) is 2.59. The first-order valence-electron chi connectivity index (χ1n) is 5.05. The monoisotopic (exact) mass is 232 g/mol. The SMILES string of the molecule is Cc1nc(C)c(-c2ccoc2)c(O)c1C(N)=O. The molecular weight excluding hydrogens is 220 g/mol. The fourth-order valence-electron chi connectivity index (χ4n) is 1.88. The molecule has 2 aromatic rings. The highest BCUT2D eigenvalue weighted by Gasteiger charge is 2.20. The van der Waals surface area contributed by atoms with E-state index in [0.29, 0.717) is 22.5 Å². The van der Waals surface area contributed by atoms with Gasteiger partial charge in [-0.1, -0.05) is 0 Å². The van der Waals surface area contributed by atoms with Crippen LogP contribution in [0.5, 0.6) is 5.75 Å². The van der Waals surface area contributed by atoms with Crippen molar-refractivity contribution in [2.75, 3.05) is 0 Å². The van der Waals surface area contributed by atoms with Crippen molar-refractivity contribution in [2.24, 2.45) is 5.73 Å². The minimum atomic E-state index is -0.697. The predicted octanol–water partition coefficient (Wildman–Crippen LogP) is 1.76. The third-order valence-electron chi connectivity index (χ3n) is 2.59. The van der Waals surface area contributed by atoms with Crippen molar-refractivity contribution in [1.29, 1.82) is 0 Å². The summed E-state index contributed by atoms with van der Waals surface area (Å²) in [5.74, 6) is -0.846. The number of carbonyl (C=O) groups excluding carboxylic acids is 1. The van der Waals surface area contributed by atoms with Crippen molar-refractivity contribution >= 4 is 5.91 Å². The van der Waals surface area contributed by atoms with Crippen molar-refractivity contribution in [1.82, 2.24) is 4.98 Å². The maximum Gasteiger partial charge on any atom is 0.254 e. The van der Waals surface area contributed by atoms with Gasteiger partial charge in [-0.05, 0) is 19.9 Å². The lowest BCUT2D eigenvalue weighted by atomic mass is 10.0. The van der Waals surface area contributed by atoms with Crippen LogP contribution < -0.4 is 5.73 Å². The van der Waals surface area contributed by atoms with Crippen molar-refractivity contribution in [3.63, 3.8) is 0 Å². The molecule has 5 heteroatoms. The van der Waals surface area contributed by atoms with Gasteiger partial charge in [0.05, 0.1) is 18.2 Å². The van der Waals surface area contributed by atoms with Gasteiger partial charge >= 0.3 is 0 Å². The average Bonchev–Trinajstić information content (AvgIpc) is 2.69. The number of hydrogen-bond acceptors (Lipinski definition) is 4. The molecule has 0 saturated heterocycles. The summed E-state index contributed by atoms with van der Waals surface area (Å²) in [5.41, 5.74) is 7.44. The number of nitrogens with zero attached hydrogens (tertiary/aromatic N) is 1. The van der Waals surface area contributed by atoms with E-state index in [9.17, 15) is 9.90 Å². The number of pyridine rings is 1. The Morgan fingerprint density at radius 3 is 2.65 bits per heavy atom. The van der Waals surface area contributed by atoms with Crippen LogP contribution in [0.3, 0.4) is 0 Å². The second kappa shape index (κ2) is 3.93. The number of hydrogen-bond donors (Lipinski definition) is 2. The molecule has 0 aliphatic carbocycles. The molecule has 2 aromatic heterocycles. The minimum Gasteiger partial charge on any atom is -0.506 e. The van der Waals surface area contributed by atoms with Crippen molar-refractivity contribution in [3.05, 3.63) is 35.5 Å². The molecule has 0 bridgehead atoms. The summed E-state index contributed by atoms with van der Waals surface area (Å²) >= 11 is 0. The van der Waals surface area contributed by atoms with Crippen LogP contribution in [0, 0.1) is 13.8 Å². The maximum atomic E-state index is 11.3. The van der Waals surface area contributed by atoms with Crippen LogP contribution in [0.2, 0.25) is 0 Å². The molecule has 2 heterocycles. The smallest absolute Gasteiger partial charge is 0.254 e. The number of amides is 1. The summed E-state index contributed by atoms with van der Waals surface area (Å²) in [6, 6.07) is 1.68. The van der Waals surface area contributed by atoms with E-state index in [0.717, 1.165) is 0 Å². The largest absolute Gasteiger partial charge is 0.506 e. The standard InChI is InChI=1S/C12H12N2O3/c1-6-9(8-3-4-17-5-8)11(15)10(12(13)16)7(2)14-6/h3-5H,1-2H3,(H2,13,16)(H,14,15). The summed E-state index contributed by atoms with van der Waals surface area (Å²) in [6.07, 6.45) is 2.96. The van der Waals surface area contributed by atoms with Crippen molar-refractivity contribution in [3.8, 4) is 16.9 Å². The molecule has 0 saturated carbocycles. The van der Waals surface area contributed by atoms with Crippen LogP contribution in [0.1, 0.15) is 21.7 Å². The molecule has 0 aliphatic heterocycles. The summed E-state index contributed by atoms with van der Waals surface area (Å²) in [4.78, 5) is 15.5. The first-order valence-corrected chi connectivity index (χ1v) is 5.05. The lowest BCUT2D eigenvalue weighted by molar-refractivity contribution is 0.0997. The van der Waals surface area contributed by atoms with Crippen LogP contribution in [0.4, 0.5) is 0 Å². The number of rotatable bonds is 2. The second-order valence-electron chi connectivity index (χ2n) is 3.76. The van der Waals surface area contributed by atoms with Crippen molar-refractivity contribution < 1.29 is 14.3 Å². The zero-order valence-electron chi connectivity index (χ0n) is 9.52. The molecule has 1 amide bonds. The molecule has 17 heavy (non-hydrogen) atoms. The van der Waals surface area contributed by atoms with Gasteiger partial charge in [0.1, 0.15) is 11.3 Å². The van der Waals surface area contributed by atoms with E-state index in [1.807, 2.05) is 0 Å². The summed E-state index contributed by atoms with van der Waals surface area (Å²) in [5, 5.41) is 10.1. The summed E-state index contributed by atoms with van der Waals surface area (Å²) in [6.45, 7) is 3.38. The Labute approximate surface area is 97.9 Å². The lowest BCUT2D eigenvalue weighted by Crippen LogP contribution is -2.15. The van der Waals surface area contributed by atoms with E-state index in [4.69, 9.17) is 10.2 Å². The molecule has 2 rings (SSSR count). The van der Waals surface area contributed by atoms with Gasteiger partial charge in [-0.3, -0.25) is 9.78 Å². The predicted molar refractivity (Wildman–Crippen MR) is 61.6 cm³/mol. The number of aromatic hydroxyl groups is 1. The van der Waals surface area contributed by atoms with E-state index >= 15 is 0 Å². The van der Waals surface area contributed by atoms with Gasteiger partial charge in [0.15, 0.2) is 0 Å². The Kier molecular flexibility index (Phi) is 2.59. The zero-order valence-corrected chi connectivity index (χ0v) is 9.52. The molecule has 0 fully saturated rings. The van der Waals surface area contributed by atoms with Gasteiger partial charge in [-0.2, -0.15) is 0 Å². The number of nitrogens with two attached hydrogens (primary N) is 1. The van der Waals surface area contributed by atoms with Crippen LogP contribution in [0.25, 0.3) is 11.1 Å². The van der Waals surface area contributed by atoms with E-state index in [-0.39, 0.29) is 11.3 Å². The van der Waals surface area contributed by atoms with Crippen LogP contribution >= 0.6 is 0 Å². The Hall–Kier alpha value is -2.30. The van der Waals surface area contributed by atoms with E-state index in [1.54, 1.807) is 19.9 Å². The summed E-state index contributed by atoms with van der Waals surface area (Å²) in [7, 11) is 0. The molecule has 0 aromatic carbocycles. The van der Waals surface area contributed by atoms with Crippen LogP contribution in [-0.4, -0.2) is 16.0 Å². The molecule has 0 atom stereocenters. The fraction of sp³-hybridized carbons (Fsp3) is 0.167. The normalized spacial score (nSPS) is 10.5. The van der Waals surface area contributed by atoms with Crippen LogP contribution in [0.15, 0.2) is 23.0 Å². The molecule has 0 aliphatic rings. The van der Waals surface area contributed by atoms with Gasteiger partial charge in [-0.25, -0.2) is 0 Å². The molecular formula is C12H12N2O3. The first kappa shape index (κ1) is 11.2. The quantitative estimate of drug-likeness (QED) is 0.825. The maximum absolute atomic E-state index is 11.3. The Morgan fingerprint density at radius 2 is 2.12 bits per heavy atom. The number of primary amides is 1. The number of carbonyl (C=O) groups is 1. The van der Waals surface area contributed by atoms with E-state index < -0.39 is 5.91 Å². The zero-order chi connectivity index (χ0) is 12.6. The molecule has 3 N–H and O–H groups in total. The average molecular weight is 232 g/mol. The Morgan fingerprint density at radius 1 is 1.41 bits per heavy atom. The van der Waals surface area contributed by atoms with Crippen molar-refractivity contribution in [2.45, 2.75) is 13.8 Å². The molecule has 0 spiro atoms. The molecule has 88 valence electrons. The highest BCUT2D eigenvalue weighted by Crippen LogP contribution is 2.35. The van der Waals surface area contributed by atoms with Gasteiger partial charge in [0.2, 0.25) is 0 Å². The summed E-state index contributed by atoms with van der Waals surface area (Å²) < 4.78 is 4.95. The van der Waals surface area contributed by atoms with E-state index in [2.05, 4.69) is 4.98 Å². The highest BCUT2D eigenvalue weighted by molar-refractivity contribution is 5.99. The van der Waals surface area contributed by atoms with Gasteiger partial charge in [0, 0.05) is 16.8 Å². The number of aromatic nitrogens is 1. The lowest BCUT2D eigenvalue weighted by Gasteiger charge is -2.11. The topological polar surface area (TPSA) is 89.3 Å². The van der Waals surface area contributed by atoms with Gasteiger partial charge in [0.25, 0.3) is 5.91 Å². The van der Waals surface area contributed by atoms with E-state index in [1.165, 1.54) is 12.5 Å². The van der Waals surface area contributed by atoms with Crippen LogP contribution in [-0.2, 0) is 0 Å². The third kappa shape index (κ3) is 1.75. The van der Waals surface area contributed by atoms with Gasteiger partial charge < -0.3 is 15.3 Å². The minimum absolute atomic E-state index is 0.0480. The van der Waals surface area contributed by atoms with Gasteiger partial charge in [-0.15, -0.1) is 0 Å². The first-order chi connectivity index (χ1) is 8.02. The number of furan rings is 1. The fourth-order valence-corrected chi connectivity index (χ4v) is 1.88. The highest BCUT2D eigenvalue weighted by atomic mass is 16.3. The molecule has 0 radical (unpaired) electrons. The Balaban J connectivity index is 2.77. The molecule has 5 nitrogen and oxygen atoms in total. The number of aryl methyl sites for hydroxylation is 2. The Bertz CT molecular complexity index is 574.